The summed E-state index contributed by atoms with van der Waals surface area (Å²) < 4.78 is 0. The van der Waals surface area contributed by atoms with Gasteiger partial charge in [-0.1, -0.05) is 12.1 Å². The minimum Gasteiger partial charge on any atom is -0.305 e. The first-order chi connectivity index (χ1) is 11.1. The van der Waals surface area contributed by atoms with Gasteiger partial charge >= 0.3 is 0 Å². The van der Waals surface area contributed by atoms with Gasteiger partial charge in [0.2, 0.25) is 0 Å². The molecule has 2 aromatic rings. The van der Waals surface area contributed by atoms with Gasteiger partial charge in [0.05, 0.1) is 5.69 Å². The Morgan fingerprint density at radius 2 is 2.09 bits per heavy atom. The standard InChI is InChI=1S/C19H26N4/c1-15-6-4-8-17(21-15)14-23-11-9-18(22(2)3)19(23)12-16-7-5-10-20-13-16/h4-8,10,13,18-19H,9,11-12,14H2,1-3H3/t18-,19+/m1/s1. The Bertz CT molecular complexity index is 626. The summed E-state index contributed by atoms with van der Waals surface area (Å²) in [5, 5.41) is 0. The number of hydrogen-bond donors (Lipinski definition) is 0. The molecule has 3 heterocycles. The van der Waals surface area contributed by atoms with E-state index in [2.05, 4.69) is 65.1 Å². The average molecular weight is 310 g/mol. The summed E-state index contributed by atoms with van der Waals surface area (Å²) in [6.45, 7) is 4.11. The number of pyridine rings is 2. The minimum absolute atomic E-state index is 0.511. The van der Waals surface area contributed by atoms with E-state index in [9.17, 15) is 0 Å². The van der Waals surface area contributed by atoms with Crippen LogP contribution in [0.4, 0.5) is 0 Å². The Balaban J connectivity index is 1.77. The molecule has 0 aliphatic carbocycles. The van der Waals surface area contributed by atoms with Gasteiger partial charge in [0.1, 0.15) is 0 Å². The van der Waals surface area contributed by atoms with Crippen molar-refractivity contribution in [2.75, 3.05) is 20.6 Å². The molecule has 0 unspecified atom stereocenters. The van der Waals surface area contributed by atoms with E-state index in [4.69, 9.17) is 0 Å². The molecule has 0 aromatic carbocycles. The van der Waals surface area contributed by atoms with Gasteiger partial charge in [-0.05, 0) is 57.6 Å². The second-order valence-electron chi connectivity index (χ2n) is 6.69. The van der Waals surface area contributed by atoms with Crippen LogP contribution in [0.1, 0.15) is 23.4 Å². The van der Waals surface area contributed by atoms with Crippen LogP contribution in [0.2, 0.25) is 0 Å². The summed E-state index contributed by atoms with van der Waals surface area (Å²) >= 11 is 0. The topological polar surface area (TPSA) is 32.3 Å². The van der Waals surface area contributed by atoms with E-state index < -0.39 is 0 Å². The first-order valence-electron chi connectivity index (χ1n) is 8.35. The second-order valence-corrected chi connectivity index (χ2v) is 6.69. The van der Waals surface area contributed by atoms with E-state index in [1.165, 1.54) is 17.7 Å². The van der Waals surface area contributed by atoms with Crippen LogP contribution in [-0.4, -0.2) is 52.5 Å². The predicted octanol–water partition coefficient (Wildman–Crippen LogP) is 2.53. The molecule has 0 spiro atoms. The molecular formula is C19H26N4. The number of aryl methyl sites for hydroxylation is 1. The first kappa shape index (κ1) is 16.1. The molecule has 0 saturated carbocycles. The van der Waals surface area contributed by atoms with E-state index in [-0.39, 0.29) is 0 Å². The van der Waals surface area contributed by atoms with E-state index in [0.29, 0.717) is 12.1 Å². The van der Waals surface area contributed by atoms with Crippen LogP contribution < -0.4 is 0 Å². The SMILES string of the molecule is Cc1cccc(CN2CC[C@@H](N(C)C)[C@@H]2Cc2cccnc2)n1. The molecule has 2 atom stereocenters. The van der Waals surface area contributed by atoms with E-state index in [0.717, 1.165) is 25.2 Å². The lowest BCUT2D eigenvalue weighted by Gasteiger charge is -2.31. The van der Waals surface area contributed by atoms with Crippen molar-refractivity contribution in [1.82, 2.24) is 19.8 Å². The Morgan fingerprint density at radius 3 is 2.78 bits per heavy atom. The van der Waals surface area contributed by atoms with Crippen molar-refractivity contribution in [2.45, 2.75) is 38.4 Å². The molecule has 4 nitrogen and oxygen atoms in total. The van der Waals surface area contributed by atoms with Crippen molar-refractivity contribution in [1.29, 1.82) is 0 Å². The molecule has 0 N–H and O–H groups in total. The van der Waals surface area contributed by atoms with E-state index >= 15 is 0 Å². The van der Waals surface area contributed by atoms with Gasteiger partial charge in [-0.25, -0.2) is 0 Å². The molecule has 1 fully saturated rings. The molecule has 1 saturated heterocycles. The minimum atomic E-state index is 0.511. The predicted molar refractivity (Wildman–Crippen MR) is 93.2 cm³/mol. The lowest BCUT2D eigenvalue weighted by molar-refractivity contribution is 0.176. The van der Waals surface area contributed by atoms with Crippen LogP contribution in [-0.2, 0) is 13.0 Å². The number of aromatic nitrogens is 2. The van der Waals surface area contributed by atoms with Crippen molar-refractivity contribution in [2.24, 2.45) is 0 Å². The summed E-state index contributed by atoms with van der Waals surface area (Å²) in [5.41, 5.74) is 3.57. The number of nitrogens with zero attached hydrogens (tertiary/aromatic N) is 4. The lowest BCUT2D eigenvalue weighted by atomic mass is 10.0. The molecule has 4 heteroatoms. The van der Waals surface area contributed by atoms with Crippen molar-refractivity contribution in [3.63, 3.8) is 0 Å². The summed E-state index contributed by atoms with van der Waals surface area (Å²) in [5.74, 6) is 0. The fourth-order valence-corrected chi connectivity index (χ4v) is 3.62. The zero-order valence-corrected chi connectivity index (χ0v) is 14.3. The fourth-order valence-electron chi connectivity index (χ4n) is 3.62. The van der Waals surface area contributed by atoms with Crippen LogP contribution in [0.5, 0.6) is 0 Å². The number of rotatable bonds is 5. The summed E-state index contributed by atoms with van der Waals surface area (Å²) in [6, 6.07) is 11.6. The number of likely N-dealkylation sites (tertiary alicyclic amines) is 1. The molecule has 1 aliphatic heterocycles. The van der Waals surface area contributed by atoms with Gasteiger partial charge in [-0.2, -0.15) is 0 Å². The van der Waals surface area contributed by atoms with E-state index in [1.807, 2.05) is 18.5 Å². The molecule has 2 aromatic heterocycles. The Hall–Kier alpha value is -1.78. The summed E-state index contributed by atoms with van der Waals surface area (Å²) in [6.07, 6.45) is 6.09. The quantitative estimate of drug-likeness (QED) is 0.849. The Kier molecular flexibility index (Phi) is 5.03. The van der Waals surface area contributed by atoms with Crippen molar-refractivity contribution in [3.8, 4) is 0 Å². The normalized spacial score (nSPS) is 21.9. The van der Waals surface area contributed by atoms with Crippen LogP contribution in [0, 0.1) is 6.92 Å². The zero-order chi connectivity index (χ0) is 16.2. The molecule has 23 heavy (non-hydrogen) atoms. The van der Waals surface area contributed by atoms with Crippen LogP contribution in [0.3, 0.4) is 0 Å². The first-order valence-corrected chi connectivity index (χ1v) is 8.35. The molecule has 0 radical (unpaired) electrons. The number of hydrogen-bond acceptors (Lipinski definition) is 4. The van der Waals surface area contributed by atoms with Crippen LogP contribution in [0.15, 0.2) is 42.7 Å². The van der Waals surface area contributed by atoms with Crippen molar-refractivity contribution < 1.29 is 0 Å². The monoisotopic (exact) mass is 310 g/mol. The highest BCUT2D eigenvalue weighted by atomic mass is 15.3. The molecule has 0 amide bonds. The largest absolute Gasteiger partial charge is 0.305 e. The van der Waals surface area contributed by atoms with Crippen LogP contribution >= 0.6 is 0 Å². The molecular weight excluding hydrogens is 284 g/mol. The van der Waals surface area contributed by atoms with Gasteiger partial charge in [0.15, 0.2) is 0 Å². The molecule has 1 aliphatic rings. The third-order valence-corrected chi connectivity index (χ3v) is 4.77. The highest BCUT2D eigenvalue weighted by Crippen LogP contribution is 2.26. The average Bonchev–Trinajstić information content (AvgIpc) is 2.91. The second kappa shape index (κ2) is 7.20. The van der Waals surface area contributed by atoms with Gasteiger partial charge in [-0.15, -0.1) is 0 Å². The van der Waals surface area contributed by atoms with Gasteiger partial charge < -0.3 is 4.90 Å². The highest BCUT2D eigenvalue weighted by molar-refractivity contribution is 5.14. The van der Waals surface area contributed by atoms with Crippen molar-refractivity contribution in [3.05, 3.63) is 59.7 Å². The third-order valence-electron chi connectivity index (χ3n) is 4.77. The lowest BCUT2D eigenvalue weighted by Crippen LogP contribution is -2.43. The maximum atomic E-state index is 4.68. The number of likely N-dealkylation sites (N-methyl/N-ethyl adjacent to an activating group) is 1. The van der Waals surface area contributed by atoms with Gasteiger partial charge in [0.25, 0.3) is 0 Å². The highest BCUT2D eigenvalue weighted by Gasteiger charge is 2.35. The fraction of sp³-hybridized carbons (Fsp3) is 0.474. The van der Waals surface area contributed by atoms with E-state index in [1.54, 1.807) is 0 Å². The van der Waals surface area contributed by atoms with Gasteiger partial charge in [0, 0.05) is 43.3 Å². The molecule has 122 valence electrons. The maximum absolute atomic E-state index is 4.68. The molecule has 3 rings (SSSR count). The molecule has 0 bridgehead atoms. The summed E-state index contributed by atoms with van der Waals surface area (Å²) in [7, 11) is 4.38. The summed E-state index contributed by atoms with van der Waals surface area (Å²) in [4.78, 5) is 13.9. The third kappa shape index (κ3) is 3.95. The Morgan fingerprint density at radius 1 is 1.22 bits per heavy atom. The smallest absolute Gasteiger partial charge is 0.0547 e. The maximum Gasteiger partial charge on any atom is 0.0547 e. The van der Waals surface area contributed by atoms with Crippen LogP contribution in [0.25, 0.3) is 0 Å². The van der Waals surface area contributed by atoms with Crippen molar-refractivity contribution >= 4 is 0 Å². The van der Waals surface area contributed by atoms with Gasteiger partial charge in [-0.3, -0.25) is 14.9 Å². The Labute approximate surface area is 139 Å². The zero-order valence-electron chi connectivity index (χ0n) is 14.3.